The first-order chi connectivity index (χ1) is 12.5. The van der Waals surface area contributed by atoms with Gasteiger partial charge in [-0.1, -0.05) is 6.07 Å². The van der Waals surface area contributed by atoms with Gasteiger partial charge in [-0.15, -0.1) is 0 Å². The van der Waals surface area contributed by atoms with Crippen LogP contribution in [0.5, 0.6) is 0 Å². The van der Waals surface area contributed by atoms with Crippen molar-refractivity contribution in [3.05, 3.63) is 52.5 Å². The predicted octanol–water partition coefficient (Wildman–Crippen LogP) is 2.41. The first-order valence-electron chi connectivity index (χ1n) is 8.79. The molecule has 26 heavy (non-hydrogen) atoms. The van der Waals surface area contributed by atoms with Gasteiger partial charge in [0.05, 0.1) is 12.8 Å². The summed E-state index contributed by atoms with van der Waals surface area (Å²) in [4.78, 5) is 12.3. The second kappa shape index (κ2) is 6.77. The zero-order chi connectivity index (χ0) is 18.1. The van der Waals surface area contributed by atoms with E-state index in [4.69, 9.17) is 4.42 Å². The number of rotatable bonds is 5. The number of carbonyl (C=O) groups is 1. The molecule has 2 aromatic rings. The van der Waals surface area contributed by atoms with Gasteiger partial charge in [0, 0.05) is 5.69 Å². The summed E-state index contributed by atoms with van der Waals surface area (Å²) in [6.07, 6.45) is 7.46. The van der Waals surface area contributed by atoms with Crippen LogP contribution in [-0.4, -0.2) is 14.4 Å². The molecule has 1 heterocycles. The maximum Gasteiger partial charge on any atom is 0.333 e. The molecule has 7 nitrogen and oxygen atoms in total. The Balaban J connectivity index is 1.47. The lowest BCUT2D eigenvalue weighted by Gasteiger charge is -2.16. The molecule has 1 aromatic carbocycles. The molecule has 4 rings (SSSR count). The van der Waals surface area contributed by atoms with Crippen LogP contribution in [0.1, 0.15) is 40.9 Å². The second-order valence-electron chi connectivity index (χ2n) is 6.69. The maximum atomic E-state index is 12.3. The largest absolute Gasteiger partial charge is 0.468 e. The average molecular weight is 375 g/mol. The van der Waals surface area contributed by atoms with Crippen molar-refractivity contribution in [2.24, 2.45) is 0 Å². The topological polar surface area (TPSA) is 100 Å². The van der Waals surface area contributed by atoms with Crippen molar-refractivity contribution in [1.29, 1.82) is 0 Å². The maximum absolute atomic E-state index is 12.3. The summed E-state index contributed by atoms with van der Waals surface area (Å²) >= 11 is 0. The smallest absolute Gasteiger partial charge is 0.333 e. The minimum atomic E-state index is -3.98. The van der Waals surface area contributed by atoms with E-state index in [0.29, 0.717) is 5.76 Å². The number of anilines is 1. The van der Waals surface area contributed by atoms with Gasteiger partial charge in [0.2, 0.25) is 0 Å². The van der Waals surface area contributed by atoms with E-state index in [1.165, 1.54) is 17.4 Å². The monoisotopic (exact) mass is 375 g/mol. The Bertz CT molecular complexity index is 904. The van der Waals surface area contributed by atoms with E-state index in [9.17, 15) is 13.2 Å². The zero-order valence-corrected chi connectivity index (χ0v) is 15.1. The van der Waals surface area contributed by atoms with E-state index in [1.54, 1.807) is 12.1 Å². The number of aryl methyl sites for hydroxylation is 2. The van der Waals surface area contributed by atoms with Crippen molar-refractivity contribution >= 4 is 21.9 Å². The first kappa shape index (κ1) is 17.1. The summed E-state index contributed by atoms with van der Waals surface area (Å²) in [6, 6.07) is 4.83. The molecule has 3 N–H and O–H groups in total. The SMILES string of the molecule is O=C(Nc1c2c(cc3c1CCC3)CCC2)NS(=O)(=O)NCc1ccco1. The fourth-order valence-electron chi connectivity index (χ4n) is 3.84. The third-order valence-corrected chi connectivity index (χ3v) is 5.93. The molecule has 0 fully saturated rings. The standard InChI is InChI=1S/C18H21N3O4S/c22-18(21-26(23,24)19-11-14-6-3-9-25-14)20-17-15-7-1-4-12(15)10-13-5-2-8-16(13)17/h3,6,9-10,19H,1-2,4-5,7-8,11H2,(H2,20,21,22). The van der Waals surface area contributed by atoms with Crippen LogP contribution in [0.2, 0.25) is 0 Å². The molecule has 0 atom stereocenters. The van der Waals surface area contributed by atoms with Crippen molar-refractivity contribution in [2.75, 3.05) is 5.32 Å². The molecule has 2 aliphatic rings. The van der Waals surface area contributed by atoms with Crippen molar-refractivity contribution in [3.63, 3.8) is 0 Å². The Kier molecular flexibility index (Phi) is 4.46. The van der Waals surface area contributed by atoms with Gasteiger partial charge in [-0.25, -0.2) is 9.52 Å². The fourth-order valence-corrected chi connectivity index (χ4v) is 4.54. The summed E-state index contributed by atoms with van der Waals surface area (Å²) in [6.45, 7) is -0.0221. The molecule has 2 aliphatic carbocycles. The Hall–Kier alpha value is -2.32. The third-order valence-electron chi connectivity index (χ3n) is 4.96. The lowest BCUT2D eigenvalue weighted by atomic mass is 9.99. The van der Waals surface area contributed by atoms with Gasteiger partial charge in [0.15, 0.2) is 0 Å². The van der Waals surface area contributed by atoms with Gasteiger partial charge in [0.1, 0.15) is 5.76 Å². The highest BCUT2D eigenvalue weighted by atomic mass is 32.2. The van der Waals surface area contributed by atoms with Gasteiger partial charge in [-0.3, -0.25) is 0 Å². The normalized spacial score (nSPS) is 15.5. The summed E-state index contributed by atoms with van der Waals surface area (Å²) < 4.78 is 33.5. The van der Waals surface area contributed by atoms with Crippen LogP contribution >= 0.6 is 0 Å². The van der Waals surface area contributed by atoms with Crippen LogP contribution in [0.25, 0.3) is 0 Å². The number of fused-ring (bicyclic) bond motifs is 2. The van der Waals surface area contributed by atoms with E-state index in [1.807, 2.05) is 4.72 Å². The number of furan rings is 1. The second-order valence-corrected chi connectivity index (χ2v) is 8.19. The van der Waals surface area contributed by atoms with E-state index in [-0.39, 0.29) is 6.54 Å². The molecular formula is C18H21N3O4S. The Morgan fingerprint density at radius 3 is 2.38 bits per heavy atom. The van der Waals surface area contributed by atoms with Gasteiger partial charge >= 0.3 is 16.2 Å². The van der Waals surface area contributed by atoms with Crippen LogP contribution in [-0.2, 0) is 42.4 Å². The summed E-state index contributed by atoms with van der Waals surface area (Å²) in [7, 11) is -3.98. The number of benzene rings is 1. The van der Waals surface area contributed by atoms with Crippen LogP contribution in [0.4, 0.5) is 10.5 Å². The van der Waals surface area contributed by atoms with E-state index in [2.05, 4.69) is 16.1 Å². The van der Waals surface area contributed by atoms with Crippen LogP contribution in [0.3, 0.4) is 0 Å². The minimum Gasteiger partial charge on any atom is -0.468 e. The lowest BCUT2D eigenvalue weighted by Crippen LogP contribution is -2.42. The quantitative estimate of drug-likeness (QED) is 0.747. The first-order valence-corrected chi connectivity index (χ1v) is 10.3. The summed E-state index contributed by atoms with van der Waals surface area (Å²) in [5.74, 6) is 0.467. The van der Waals surface area contributed by atoms with E-state index in [0.717, 1.165) is 55.3 Å². The molecule has 2 amide bonds. The van der Waals surface area contributed by atoms with Gasteiger partial charge in [-0.2, -0.15) is 13.1 Å². The fraction of sp³-hybridized carbons (Fsp3) is 0.389. The number of hydrogen-bond acceptors (Lipinski definition) is 4. The molecular weight excluding hydrogens is 354 g/mol. The average Bonchev–Trinajstić information content (AvgIpc) is 3.33. The molecule has 0 bridgehead atoms. The molecule has 0 spiro atoms. The lowest BCUT2D eigenvalue weighted by molar-refractivity contribution is 0.256. The van der Waals surface area contributed by atoms with Crippen molar-refractivity contribution in [1.82, 2.24) is 9.44 Å². The zero-order valence-electron chi connectivity index (χ0n) is 14.3. The van der Waals surface area contributed by atoms with Gasteiger partial charge in [-0.05, 0) is 72.9 Å². The number of carbonyl (C=O) groups excluding carboxylic acids is 1. The Labute approximate surface area is 152 Å². The number of amides is 2. The molecule has 0 radical (unpaired) electrons. The highest BCUT2D eigenvalue weighted by molar-refractivity contribution is 7.88. The highest BCUT2D eigenvalue weighted by Crippen LogP contribution is 2.38. The molecule has 0 saturated heterocycles. The van der Waals surface area contributed by atoms with Gasteiger partial charge < -0.3 is 9.73 Å². The number of hydrogen-bond donors (Lipinski definition) is 3. The van der Waals surface area contributed by atoms with Crippen molar-refractivity contribution < 1.29 is 17.6 Å². The Morgan fingerprint density at radius 1 is 1.08 bits per heavy atom. The third kappa shape index (κ3) is 3.47. The molecule has 0 aliphatic heterocycles. The molecule has 8 heteroatoms. The van der Waals surface area contributed by atoms with E-state index < -0.39 is 16.2 Å². The van der Waals surface area contributed by atoms with Gasteiger partial charge in [0.25, 0.3) is 0 Å². The van der Waals surface area contributed by atoms with Crippen LogP contribution in [0.15, 0.2) is 28.9 Å². The number of nitrogens with one attached hydrogen (secondary N) is 3. The molecule has 138 valence electrons. The van der Waals surface area contributed by atoms with Crippen molar-refractivity contribution in [2.45, 2.75) is 45.1 Å². The van der Waals surface area contributed by atoms with Crippen LogP contribution < -0.4 is 14.8 Å². The predicted molar refractivity (Wildman–Crippen MR) is 97.1 cm³/mol. The Morgan fingerprint density at radius 2 is 1.77 bits per heavy atom. The van der Waals surface area contributed by atoms with Crippen molar-refractivity contribution in [3.8, 4) is 0 Å². The van der Waals surface area contributed by atoms with E-state index >= 15 is 0 Å². The minimum absolute atomic E-state index is 0.0221. The molecule has 0 unspecified atom stereocenters. The molecule has 0 saturated carbocycles. The van der Waals surface area contributed by atoms with Crippen LogP contribution in [0, 0.1) is 0 Å². The highest BCUT2D eigenvalue weighted by Gasteiger charge is 2.25. The molecule has 1 aromatic heterocycles. The summed E-state index contributed by atoms with van der Waals surface area (Å²) in [5.41, 5.74) is 5.68. The number of urea groups is 1. The summed E-state index contributed by atoms with van der Waals surface area (Å²) in [5, 5.41) is 2.80.